The van der Waals surface area contributed by atoms with Crippen molar-refractivity contribution in [2.45, 2.75) is 68.3 Å². The molecule has 5 rings (SSSR count). The standard InChI is InChI=1S/C27H30O16/c1-8-17(32)20(35)22(37)26(39-8)40-10-5-13(31)16-14(6-10)41-24(9-2-3-11(29)12(30)4-9)25(19(16)34)43-27-23(38)21(36)18(33)15(7-28)42-27/h2-6,8,15,17-18,20-23,26-33,35-38H,7H2,1H3/t8-,15-,17-,18-,20+,21+,22+,23-,26-,27+/m1/s1. The van der Waals surface area contributed by atoms with E-state index in [0.717, 1.165) is 24.3 Å². The second kappa shape index (κ2) is 11.8. The molecule has 2 saturated heterocycles. The third kappa shape index (κ3) is 5.55. The Hall–Kier alpha value is -3.71. The van der Waals surface area contributed by atoms with Crippen LogP contribution in [0.1, 0.15) is 6.92 Å². The number of aliphatic hydroxyl groups is 7. The molecule has 2 aliphatic heterocycles. The number of hydrogen-bond donors (Lipinski definition) is 10. The molecule has 2 fully saturated rings. The van der Waals surface area contributed by atoms with Gasteiger partial charge in [-0.05, 0) is 25.1 Å². The second-order valence-electron chi connectivity index (χ2n) is 10.2. The van der Waals surface area contributed by atoms with E-state index in [1.807, 2.05) is 0 Å². The van der Waals surface area contributed by atoms with Crippen LogP contribution in [-0.2, 0) is 9.47 Å². The van der Waals surface area contributed by atoms with Crippen LogP contribution in [0.4, 0.5) is 0 Å². The molecule has 3 heterocycles. The van der Waals surface area contributed by atoms with E-state index in [4.69, 9.17) is 23.4 Å². The molecule has 0 saturated carbocycles. The first kappa shape index (κ1) is 30.7. The highest BCUT2D eigenvalue weighted by Crippen LogP contribution is 2.40. The molecular weight excluding hydrogens is 580 g/mol. The number of fused-ring (bicyclic) bond motifs is 1. The van der Waals surface area contributed by atoms with Gasteiger partial charge in [-0.15, -0.1) is 0 Å². The third-order valence-corrected chi connectivity index (χ3v) is 7.29. The lowest BCUT2D eigenvalue weighted by molar-refractivity contribution is -0.277. The first-order valence-electron chi connectivity index (χ1n) is 13.0. The Morgan fingerprint density at radius 1 is 0.744 bits per heavy atom. The topological polar surface area (TPSA) is 269 Å². The van der Waals surface area contributed by atoms with Gasteiger partial charge in [-0.1, -0.05) is 0 Å². The molecule has 1 aromatic heterocycles. The van der Waals surface area contributed by atoms with Crippen LogP contribution in [0.3, 0.4) is 0 Å². The molecule has 0 amide bonds. The molecule has 3 aromatic rings. The van der Waals surface area contributed by atoms with Gasteiger partial charge in [0, 0.05) is 17.7 Å². The minimum absolute atomic E-state index is 0.0447. The normalized spacial score (nSPS) is 32.9. The summed E-state index contributed by atoms with van der Waals surface area (Å²) in [6.45, 7) is 0.650. The van der Waals surface area contributed by atoms with Gasteiger partial charge in [-0.2, -0.15) is 0 Å². The van der Waals surface area contributed by atoms with Crippen molar-refractivity contribution in [3.8, 4) is 40.1 Å². The van der Waals surface area contributed by atoms with Crippen molar-refractivity contribution >= 4 is 11.0 Å². The van der Waals surface area contributed by atoms with Crippen molar-refractivity contribution in [3.05, 3.63) is 40.6 Å². The summed E-state index contributed by atoms with van der Waals surface area (Å²) >= 11 is 0. The zero-order valence-electron chi connectivity index (χ0n) is 22.3. The highest BCUT2D eigenvalue weighted by atomic mass is 16.7. The van der Waals surface area contributed by atoms with Crippen molar-refractivity contribution in [3.63, 3.8) is 0 Å². The summed E-state index contributed by atoms with van der Waals surface area (Å²) in [5.74, 6) is -3.14. The van der Waals surface area contributed by atoms with Gasteiger partial charge in [-0.3, -0.25) is 4.79 Å². The molecule has 2 aromatic carbocycles. The number of aliphatic hydroxyl groups excluding tert-OH is 7. The molecule has 43 heavy (non-hydrogen) atoms. The molecule has 0 unspecified atom stereocenters. The van der Waals surface area contributed by atoms with Crippen molar-refractivity contribution in [1.82, 2.24) is 0 Å². The second-order valence-corrected chi connectivity index (χ2v) is 10.2. The van der Waals surface area contributed by atoms with Crippen molar-refractivity contribution < 1.29 is 74.4 Å². The molecule has 10 N–H and O–H groups in total. The molecular formula is C27H30O16. The van der Waals surface area contributed by atoms with E-state index in [2.05, 4.69) is 0 Å². The van der Waals surface area contributed by atoms with Crippen LogP contribution in [0.15, 0.2) is 39.5 Å². The van der Waals surface area contributed by atoms with E-state index in [1.54, 1.807) is 0 Å². The summed E-state index contributed by atoms with van der Waals surface area (Å²) < 4.78 is 27.8. The largest absolute Gasteiger partial charge is 0.507 e. The number of rotatable bonds is 6. The van der Waals surface area contributed by atoms with Crippen molar-refractivity contribution in [2.24, 2.45) is 0 Å². The van der Waals surface area contributed by atoms with Crippen LogP contribution in [0.2, 0.25) is 0 Å². The third-order valence-electron chi connectivity index (χ3n) is 7.29. The molecule has 10 atom stereocenters. The number of benzene rings is 2. The Kier molecular flexibility index (Phi) is 8.41. The highest BCUT2D eigenvalue weighted by molar-refractivity contribution is 5.88. The zero-order chi connectivity index (χ0) is 31.3. The van der Waals surface area contributed by atoms with Gasteiger partial charge in [0.1, 0.15) is 65.2 Å². The zero-order valence-corrected chi connectivity index (χ0v) is 22.3. The molecule has 16 nitrogen and oxygen atoms in total. The van der Waals surface area contributed by atoms with Gasteiger partial charge < -0.3 is 74.4 Å². The first-order chi connectivity index (χ1) is 20.3. The van der Waals surface area contributed by atoms with E-state index >= 15 is 0 Å². The van der Waals surface area contributed by atoms with Gasteiger partial charge in [0.2, 0.25) is 23.8 Å². The van der Waals surface area contributed by atoms with Crippen molar-refractivity contribution in [2.75, 3.05) is 6.61 Å². The Bertz CT molecular complexity index is 1540. The average Bonchev–Trinajstić information content (AvgIpc) is 2.97. The van der Waals surface area contributed by atoms with E-state index < -0.39 is 108 Å². The van der Waals surface area contributed by atoms with Crippen LogP contribution < -0.4 is 14.9 Å². The van der Waals surface area contributed by atoms with E-state index in [1.165, 1.54) is 13.0 Å². The molecule has 0 aliphatic carbocycles. The van der Waals surface area contributed by atoms with Crippen LogP contribution in [0.5, 0.6) is 28.7 Å². The highest BCUT2D eigenvalue weighted by Gasteiger charge is 2.46. The lowest BCUT2D eigenvalue weighted by Gasteiger charge is -2.39. The fraction of sp³-hybridized carbons (Fsp3) is 0.444. The van der Waals surface area contributed by atoms with Crippen LogP contribution in [0.25, 0.3) is 22.3 Å². The number of ether oxygens (including phenoxy) is 4. The van der Waals surface area contributed by atoms with E-state index in [9.17, 15) is 55.9 Å². The quantitative estimate of drug-likeness (QED) is 0.135. The van der Waals surface area contributed by atoms with Gasteiger partial charge >= 0.3 is 0 Å². The fourth-order valence-electron chi connectivity index (χ4n) is 4.81. The van der Waals surface area contributed by atoms with Crippen LogP contribution in [-0.4, -0.2) is 119 Å². The predicted molar refractivity (Wildman–Crippen MR) is 140 cm³/mol. The summed E-state index contributed by atoms with van der Waals surface area (Å²) in [5, 5.41) is 101. The summed E-state index contributed by atoms with van der Waals surface area (Å²) in [6.07, 6.45) is -15.9. The minimum atomic E-state index is -1.92. The molecule has 2 aliphatic rings. The number of hydrogen-bond acceptors (Lipinski definition) is 16. The molecule has 0 bridgehead atoms. The Labute approximate surface area is 241 Å². The lowest BCUT2D eigenvalue weighted by atomic mass is 9.99. The average molecular weight is 611 g/mol. The molecule has 16 heteroatoms. The summed E-state index contributed by atoms with van der Waals surface area (Å²) in [7, 11) is 0. The monoisotopic (exact) mass is 610 g/mol. The van der Waals surface area contributed by atoms with Crippen molar-refractivity contribution in [1.29, 1.82) is 0 Å². The maximum absolute atomic E-state index is 13.7. The van der Waals surface area contributed by atoms with Gasteiger partial charge in [0.05, 0.1) is 12.7 Å². The summed E-state index contributed by atoms with van der Waals surface area (Å²) in [5.41, 5.74) is -1.40. The maximum Gasteiger partial charge on any atom is 0.239 e. The Balaban J connectivity index is 1.61. The first-order valence-corrected chi connectivity index (χ1v) is 13.0. The number of phenols is 3. The van der Waals surface area contributed by atoms with Crippen LogP contribution in [0, 0.1) is 0 Å². The SMILES string of the molecule is C[C@H]1O[C@H](Oc2cc(O)c3c(=O)c(O[C@@H]4O[C@H](CO)[C@@H](O)[C@H](O)[C@H]4O)c(-c4ccc(O)c(O)c4)oc3c2)[C@@H](O)[C@@H](O)[C@@H]1O. The van der Waals surface area contributed by atoms with Crippen LogP contribution >= 0.6 is 0 Å². The predicted octanol–water partition coefficient (Wildman–Crippen LogP) is -2.04. The van der Waals surface area contributed by atoms with E-state index in [0.29, 0.717) is 0 Å². The number of aromatic hydroxyl groups is 3. The Morgan fingerprint density at radius 2 is 1.40 bits per heavy atom. The van der Waals surface area contributed by atoms with Gasteiger partial charge in [0.15, 0.2) is 17.3 Å². The molecule has 0 spiro atoms. The summed E-state index contributed by atoms with van der Waals surface area (Å²) in [4.78, 5) is 13.7. The van der Waals surface area contributed by atoms with Gasteiger partial charge in [0.25, 0.3) is 0 Å². The number of phenolic OH excluding ortho intramolecular Hbond substituents is 3. The lowest BCUT2D eigenvalue weighted by Crippen LogP contribution is -2.60. The van der Waals surface area contributed by atoms with Gasteiger partial charge in [-0.25, -0.2) is 0 Å². The maximum atomic E-state index is 13.7. The Morgan fingerprint density at radius 3 is 2.05 bits per heavy atom. The summed E-state index contributed by atoms with van der Waals surface area (Å²) in [6, 6.07) is 5.43. The molecule has 234 valence electrons. The fourth-order valence-corrected chi connectivity index (χ4v) is 4.81. The minimum Gasteiger partial charge on any atom is -0.507 e. The van der Waals surface area contributed by atoms with E-state index in [-0.39, 0.29) is 16.9 Å². The smallest absolute Gasteiger partial charge is 0.239 e. The molecule has 0 radical (unpaired) electrons.